The molecular formula is C8H7BrN6. The molecule has 6 nitrogen and oxygen atoms in total. The van der Waals surface area contributed by atoms with Crippen molar-refractivity contribution in [2.45, 2.75) is 0 Å². The molecule has 2 rings (SSSR count). The van der Waals surface area contributed by atoms with Gasteiger partial charge in [0, 0.05) is 4.47 Å². The monoisotopic (exact) mass is 266 g/mol. The van der Waals surface area contributed by atoms with Gasteiger partial charge in [-0.3, -0.25) is 0 Å². The van der Waals surface area contributed by atoms with E-state index < -0.39 is 0 Å². The lowest BCUT2D eigenvalue weighted by molar-refractivity contribution is 0.699. The van der Waals surface area contributed by atoms with E-state index >= 15 is 0 Å². The van der Waals surface area contributed by atoms with Gasteiger partial charge in [-0.05, 0) is 28.1 Å². The molecule has 0 bridgehead atoms. The van der Waals surface area contributed by atoms with Crippen LogP contribution >= 0.6 is 15.9 Å². The molecule has 0 aliphatic heterocycles. The highest BCUT2D eigenvalue weighted by atomic mass is 79.9. The number of tetrazole rings is 1. The van der Waals surface area contributed by atoms with Crippen molar-refractivity contribution in [1.29, 1.82) is 0 Å². The molecule has 15 heavy (non-hydrogen) atoms. The van der Waals surface area contributed by atoms with E-state index in [0.29, 0.717) is 0 Å². The fourth-order valence-corrected chi connectivity index (χ4v) is 1.40. The molecule has 2 aromatic rings. The number of hydrogen-bond donors (Lipinski definition) is 1. The summed E-state index contributed by atoms with van der Waals surface area (Å²) in [7, 11) is 0. The molecule has 1 heterocycles. The molecule has 1 aromatic heterocycles. The van der Waals surface area contributed by atoms with Gasteiger partial charge in [-0.25, -0.2) is 0 Å². The van der Waals surface area contributed by atoms with Gasteiger partial charge >= 0.3 is 0 Å². The summed E-state index contributed by atoms with van der Waals surface area (Å²) in [5.74, 6) is 0.154. The minimum atomic E-state index is 0.154. The van der Waals surface area contributed by atoms with Gasteiger partial charge in [0.05, 0.1) is 6.21 Å². The van der Waals surface area contributed by atoms with Crippen LogP contribution in [0.25, 0.3) is 0 Å². The van der Waals surface area contributed by atoms with Crippen LogP contribution in [0.1, 0.15) is 5.56 Å². The first-order chi connectivity index (χ1) is 7.25. The first-order valence-corrected chi connectivity index (χ1v) is 4.89. The van der Waals surface area contributed by atoms with Gasteiger partial charge in [0.25, 0.3) is 5.95 Å². The summed E-state index contributed by atoms with van der Waals surface area (Å²) in [5, 5.41) is 14.4. The molecule has 2 N–H and O–H groups in total. The summed E-state index contributed by atoms with van der Waals surface area (Å²) >= 11 is 3.36. The third-order valence-corrected chi connectivity index (χ3v) is 2.13. The number of nitrogen functional groups attached to an aromatic ring is 1. The first kappa shape index (κ1) is 9.78. The van der Waals surface area contributed by atoms with Gasteiger partial charge in [-0.15, -0.1) is 0 Å². The van der Waals surface area contributed by atoms with Crippen LogP contribution in [0.4, 0.5) is 5.95 Å². The maximum Gasteiger partial charge on any atom is 0.263 e. The molecular weight excluding hydrogens is 260 g/mol. The van der Waals surface area contributed by atoms with Crippen molar-refractivity contribution in [1.82, 2.24) is 20.3 Å². The third kappa shape index (κ3) is 2.38. The van der Waals surface area contributed by atoms with Crippen molar-refractivity contribution >= 4 is 28.1 Å². The second-order valence-corrected chi connectivity index (χ2v) is 3.64. The maximum atomic E-state index is 5.44. The molecule has 1 aromatic carbocycles. The molecule has 7 heteroatoms. The predicted octanol–water partition coefficient (Wildman–Crippen LogP) is 0.900. The van der Waals surface area contributed by atoms with E-state index in [2.05, 4.69) is 36.6 Å². The lowest BCUT2D eigenvalue weighted by atomic mass is 10.2. The number of nitrogens with two attached hydrogens (primary N) is 1. The summed E-state index contributed by atoms with van der Waals surface area (Å²) < 4.78 is 0.983. The van der Waals surface area contributed by atoms with Crippen molar-refractivity contribution in [3.63, 3.8) is 0 Å². The third-order valence-electron chi connectivity index (χ3n) is 1.64. The Morgan fingerprint density at radius 3 is 3.00 bits per heavy atom. The standard InChI is InChI=1S/C8H7BrN6/c9-7-3-1-2-6(4-7)5-11-15-8(10)12-13-14-15/h1-5H,(H2,10,12,14). The zero-order valence-electron chi connectivity index (χ0n) is 7.58. The largest absolute Gasteiger partial charge is 0.365 e. The van der Waals surface area contributed by atoms with Gasteiger partial charge in [0.15, 0.2) is 0 Å². The van der Waals surface area contributed by atoms with Crippen LogP contribution in [-0.4, -0.2) is 26.5 Å². The predicted molar refractivity (Wildman–Crippen MR) is 59.4 cm³/mol. The smallest absolute Gasteiger partial charge is 0.263 e. The van der Waals surface area contributed by atoms with Crippen LogP contribution in [0.15, 0.2) is 33.8 Å². The Morgan fingerprint density at radius 1 is 1.47 bits per heavy atom. The van der Waals surface area contributed by atoms with Crippen LogP contribution in [0.5, 0.6) is 0 Å². The normalized spacial score (nSPS) is 11.0. The summed E-state index contributed by atoms with van der Waals surface area (Å²) in [5.41, 5.74) is 6.37. The molecule has 0 fully saturated rings. The number of aromatic nitrogens is 4. The average molecular weight is 267 g/mol. The summed E-state index contributed by atoms with van der Waals surface area (Å²) in [4.78, 5) is 1.15. The van der Waals surface area contributed by atoms with Crippen molar-refractivity contribution < 1.29 is 0 Å². The van der Waals surface area contributed by atoms with Crippen LogP contribution in [-0.2, 0) is 0 Å². The topological polar surface area (TPSA) is 82.0 Å². The van der Waals surface area contributed by atoms with Crippen molar-refractivity contribution in [2.75, 3.05) is 5.73 Å². The SMILES string of the molecule is Nc1nnnn1N=Cc1cccc(Br)c1. The summed E-state index contributed by atoms with van der Waals surface area (Å²) in [6, 6.07) is 7.68. The molecule has 0 spiro atoms. The Hall–Kier alpha value is -1.76. The maximum absolute atomic E-state index is 5.44. The Morgan fingerprint density at radius 2 is 2.33 bits per heavy atom. The molecule has 0 unspecified atom stereocenters. The number of anilines is 1. The molecule has 0 saturated heterocycles. The van der Waals surface area contributed by atoms with Crippen LogP contribution in [0.3, 0.4) is 0 Å². The van der Waals surface area contributed by atoms with Crippen LogP contribution < -0.4 is 5.73 Å². The quantitative estimate of drug-likeness (QED) is 0.819. The number of rotatable bonds is 2. The lowest BCUT2D eigenvalue weighted by Gasteiger charge is -1.94. The van der Waals surface area contributed by atoms with Crippen molar-refractivity contribution in [3.05, 3.63) is 34.3 Å². The highest BCUT2D eigenvalue weighted by Gasteiger charge is 1.96. The van der Waals surface area contributed by atoms with Gasteiger partial charge < -0.3 is 5.73 Å². The highest BCUT2D eigenvalue weighted by Crippen LogP contribution is 2.10. The van der Waals surface area contributed by atoms with E-state index in [0.717, 1.165) is 14.8 Å². The molecule has 0 radical (unpaired) electrons. The van der Waals surface area contributed by atoms with E-state index in [1.807, 2.05) is 24.3 Å². The van der Waals surface area contributed by atoms with Crippen molar-refractivity contribution in [2.24, 2.45) is 5.10 Å². The zero-order chi connectivity index (χ0) is 10.7. The van der Waals surface area contributed by atoms with Crippen LogP contribution in [0.2, 0.25) is 0 Å². The van der Waals surface area contributed by atoms with Crippen molar-refractivity contribution in [3.8, 4) is 0 Å². The second kappa shape index (κ2) is 4.18. The first-order valence-electron chi connectivity index (χ1n) is 4.09. The Kier molecular flexibility index (Phi) is 2.72. The lowest BCUT2D eigenvalue weighted by Crippen LogP contribution is -1.99. The molecule has 0 atom stereocenters. The number of nitrogens with zero attached hydrogens (tertiary/aromatic N) is 5. The Balaban J connectivity index is 2.22. The number of halogens is 1. The van der Waals surface area contributed by atoms with E-state index in [1.165, 1.54) is 0 Å². The Labute approximate surface area is 93.9 Å². The van der Waals surface area contributed by atoms with E-state index in [-0.39, 0.29) is 5.95 Å². The fourth-order valence-electron chi connectivity index (χ4n) is 0.980. The van der Waals surface area contributed by atoms with Crippen LogP contribution in [0, 0.1) is 0 Å². The molecule has 0 aliphatic carbocycles. The number of hydrogen-bond acceptors (Lipinski definition) is 5. The average Bonchev–Trinajstić information content (AvgIpc) is 2.61. The van der Waals surface area contributed by atoms with E-state index in [4.69, 9.17) is 5.73 Å². The van der Waals surface area contributed by atoms with E-state index in [1.54, 1.807) is 6.21 Å². The molecule has 0 amide bonds. The molecule has 0 aliphatic rings. The highest BCUT2D eigenvalue weighted by molar-refractivity contribution is 9.10. The van der Waals surface area contributed by atoms with Gasteiger partial charge in [0.1, 0.15) is 0 Å². The molecule has 0 saturated carbocycles. The van der Waals surface area contributed by atoms with E-state index in [9.17, 15) is 0 Å². The summed E-state index contributed by atoms with van der Waals surface area (Å²) in [6.45, 7) is 0. The Bertz CT molecular complexity index is 491. The second-order valence-electron chi connectivity index (χ2n) is 2.73. The van der Waals surface area contributed by atoms with Gasteiger partial charge in [-0.1, -0.05) is 38.0 Å². The van der Waals surface area contributed by atoms with Gasteiger partial charge in [-0.2, -0.15) is 5.10 Å². The van der Waals surface area contributed by atoms with Gasteiger partial charge in [0.2, 0.25) is 0 Å². The zero-order valence-corrected chi connectivity index (χ0v) is 9.16. The molecule has 76 valence electrons. The minimum absolute atomic E-state index is 0.154. The summed E-state index contributed by atoms with van der Waals surface area (Å²) in [6.07, 6.45) is 1.62. The minimum Gasteiger partial charge on any atom is -0.365 e. The fraction of sp³-hybridized carbons (Fsp3) is 0. The number of benzene rings is 1.